The van der Waals surface area contributed by atoms with Crippen LogP contribution >= 0.6 is 0 Å². The van der Waals surface area contributed by atoms with Gasteiger partial charge in [-0.1, -0.05) is 24.3 Å². The van der Waals surface area contributed by atoms with Gasteiger partial charge in [0.15, 0.2) is 6.61 Å². The Morgan fingerprint density at radius 1 is 1.19 bits per heavy atom. The van der Waals surface area contributed by atoms with Gasteiger partial charge in [0.05, 0.1) is 17.6 Å². The lowest BCUT2D eigenvalue weighted by atomic mass is 10.1. The number of para-hydroxylation sites is 1. The molecule has 0 N–H and O–H groups in total. The van der Waals surface area contributed by atoms with Gasteiger partial charge < -0.3 is 14.4 Å². The molecule has 0 aliphatic rings. The minimum Gasteiger partial charge on any atom is -0.496 e. The zero-order valence-electron chi connectivity index (χ0n) is 15.3. The average molecular weight is 372 g/mol. The number of nitro benzene ring substituents is 1. The SMILES string of the molecule is COc1ccccc1CN(C)C(=O)COC(=O)c1ccc(C)c([N+](=O)[O-])c1. The van der Waals surface area contributed by atoms with Gasteiger partial charge in [0.2, 0.25) is 0 Å². The molecule has 142 valence electrons. The number of hydrogen-bond donors (Lipinski definition) is 0. The van der Waals surface area contributed by atoms with Crippen molar-refractivity contribution in [2.24, 2.45) is 0 Å². The number of amides is 1. The lowest BCUT2D eigenvalue weighted by molar-refractivity contribution is -0.385. The quantitative estimate of drug-likeness (QED) is 0.421. The normalized spacial score (nSPS) is 10.2. The van der Waals surface area contributed by atoms with Gasteiger partial charge in [0, 0.05) is 30.8 Å². The number of methoxy groups -OCH3 is 1. The summed E-state index contributed by atoms with van der Waals surface area (Å²) in [7, 11) is 3.13. The van der Waals surface area contributed by atoms with E-state index in [1.807, 2.05) is 18.2 Å². The summed E-state index contributed by atoms with van der Waals surface area (Å²) in [5, 5.41) is 11.0. The van der Waals surface area contributed by atoms with Crippen LogP contribution in [0.1, 0.15) is 21.5 Å². The van der Waals surface area contributed by atoms with Crippen molar-refractivity contribution in [3.63, 3.8) is 0 Å². The fraction of sp³-hybridized carbons (Fsp3) is 0.263. The smallest absolute Gasteiger partial charge is 0.338 e. The van der Waals surface area contributed by atoms with Crippen molar-refractivity contribution in [2.75, 3.05) is 20.8 Å². The number of esters is 1. The highest BCUT2D eigenvalue weighted by Crippen LogP contribution is 2.20. The molecule has 0 saturated carbocycles. The van der Waals surface area contributed by atoms with Crippen molar-refractivity contribution in [3.8, 4) is 5.75 Å². The molecule has 0 saturated heterocycles. The average Bonchev–Trinajstić information content (AvgIpc) is 2.66. The van der Waals surface area contributed by atoms with E-state index >= 15 is 0 Å². The van der Waals surface area contributed by atoms with Crippen molar-refractivity contribution in [1.82, 2.24) is 4.90 Å². The maximum Gasteiger partial charge on any atom is 0.338 e. The van der Waals surface area contributed by atoms with Crippen LogP contribution in [0.3, 0.4) is 0 Å². The first kappa shape index (κ1) is 19.9. The molecule has 0 spiro atoms. The standard InChI is InChI=1S/C19H20N2O6/c1-13-8-9-14(10-16(13)21(24)25)19(23)27-12-18(22)20(2)11-15-6-4-5-7-17(15)26-3/h4-10H,11-12H2,1-3H3. The summed E-state index contributed by atoms with van der Waals surface area (Å²) in [4.78, 5) is 36.1. The largest absolute Gasteiger partial charge is 0.496 e. The molecule has 0 aliphatic heterocycles. The highest BCUT2D eigenvalue weighted by Gasteiger charge is 2.18. The molecule has 27 heavy (non-hydrogen) atoms. The molecule has 0 bridgehead atoms. The van der Waals surface area contributed by atoms with Gasteiger partial charge in [0.1, 0.15) is 5.75 Å². The van der Waals surface area contributed by atoms with E-state index < -0.39 is 23.4 Å². The lowest BCUT2D eigenvalue weighted by Crippen LogP contribution is -2.31. The molecular weight excluding hydrogens is 352 g/mol. The van der Waals surface area contributed by atoms with Crippen LogP contribution in [-0.2, 0) is 16.1 Å². The van der Waals surface area contributed by atoms with Gasteiger partial charge in [0.25, 0.3) is 11.6 Å². The molecule has 0 radical (unpaired) electrons. The molecular formula is C19H20N2O6. The molecule has 2 aromatic carbocycles. The molecule has 8 heteroatoms. The van der Waals surface area contributed by atoms with E-state index in [1.165, 1.54) is 17.0 Å². The summed E-state index contributed by atoms with van der Waals surface area (Å²) < 4.78 is 10.2. The number of carbonyl (C=O) groups is 2. The second kappa shape index (κ2) is 8.79. The predicted octanol–water partition coefficient (Wildman–Crippen LogP) is 2.73. The van der Waals surface area contributed by atoms with Gasteiger partial charge in [-0.15, -0.1) is 0 Å². The Morgan fingerprint density at radius 2 is 1.89 bits per heavy atom. The molecule has 0 unspecified atom stereocenters. The van der Waals surface area contributed by atoms with E-state index in [2.05, 4.69) is 0 Å². The number of hydrogen-bond acceptors (Lipinski definition) is 6. The van der Waals surface area contributed by atoms with Crippen LogP contribution < -0.4 is 4.74 Å². The van der Waals surface area contributed by atoms with Crippen LogP contribution in [0.2, 0.25) is 0 Å². The Hall–Kier alpha value is -3.42. The van der Waals surface area contributed by atoms with Gasteiger partial charge in [-0.2, -0.15) is 0 Å². The molecule has 8 nitrogen and oxygen atoms in total. The van der Waals surface area contributed by atoms with E-state index in [0.717, 1.165) is 11.6 Å². The number of benzene rings is 2. The second-order valence-corrected chi connectivity index (χ2v) is 5.90. The third kappa shape index (κ3) is 5.04. The topological polar surface area (TPSA) is 99.0 Å². The number of nitrogens with zero attached hydrogens (tertiary/aromatic N) is 2. The van der Waals surface area contributed by atoms with Crippen molar-refractivity contribution < 1.29 is 24.0 Å². The zero-order valence-corrected chi connectivity index (χ0v) is 15.3. The maximum absolute atomic E-state index is 12.2. The Morgan fingerprint density at radius 3 is 2.56 bits per heavy atom. The highest BCUT2D eigenvalue weighted by atomic mass is 16.6. The van der Waals surface area contributed by atoms with E-state index in [1.54, 1.807) is 27.1 Å². The number of aryl methyl sites for hydroxylation is 1. The third-order valence-electron chi connectivity index (χ3n) is 3.99. The summed E-state index contributed by atoms with van der Waals surface area (Å²) >= 11 is 0. The number of nitro groups is 1. The maximum atomic E-state index is 12.2. The van der Waals surface area contributed by atoms with Crippen LogP contribution in [0.15, 0.2) is 42.5 Å². The van der Waals surface area contributed by atoms with Crippen LogP contribution in [0, 0.1) is 17.0 Å². The van der Waals surface area contributed by atoms with Crippen molar-refractivity contribution >= 4 is 17.6 Å². The summed E-state index contributed by atoms with van der Waals surface area (Å²) in [6.45, 7) is 1.39. The van der Waals surface area contributed by atoms with Crippen molar-refractivity contribution in [2.45, 2.75) is 13.5 Å². The Balaban J connectivity index is 1.97. The lowest BCUT2D eigenvalue weighted by Gasteiger charge is -2.18. The van der Waals surface area contributed by atoms with Gasteiger partial charge in [-0.3, -0.25) is 14.9 Å². The van der Waals surface area contributed by atoms with Crippen LogP contribution in [0.5, 0.6) is 5.75 Å². The first-order valence-electron chi connectivity index (χ1n) is 8.11. The highest BCUT2D eigenvalue weighted by molar-refractivity contribution is 5.92. The number of ether oxygens (including phenoxy) is 2. The van der Waals surface area contributed by atoms with Crippen molar-refractivity contribution in [1.29, 1.82) is 0 Å². The number of rotatable bonds is 7. The molecule has 1 amide bonds. The molecule has 0 atom stereocenters. The van der Waals surface area contributed by atoms with E-state index in [9.17, 15) is 19.7 Å². The predicted molar refractivity (Wildman–Crippen MR) is 97.6 cm³/mol. The molecule has 0 aromatic heterocycles. The first-order valence-corrected chi connectivity index (χ1v) is 8.11. The Bertz CT molecular complexity index is 865. The van der Waals surface area contributed by atoms with Crippen molar-refractivity contribution in [3.05, 3.63) is 69.3 Å². The molecule has 2 aromatic rings. The molecule has 0 aliphatic carbocycles. The summed E-state index contributed by atoms with van der Waals surface area (Å²) in [6, 6.07) is 11.3. The minimum absolute atomic E-state index is 0.0208. The minimum atomic E-state index is -0.794. The second-order valence-electron chi connectivity index (χ2n) is 5.90. The van der Waals surface area contributed by atoms with E-state index in [0.29, 0.717) is 11.3 Å². The summed E-state index contributed by atoms with van der Waals surface area (Å²) in [5.41, 5.74) is 1.09. The van der Waals surface area contributed by atoms with Crippen LogP contribution in [0.25, 0.3) is 0 Å². The Kier molecular flexibility index (Phi) is 6.48. The third-order valence-corrected chi connectivity index (χ3v) is 3.99. The fourth-order valence-corrected chi connectivity index (χ4v) is 2.43. The molecule has 2 rings (SSSR count). The van der Waals surface area contributed by atoms with Gasteiger partial charge in [-0.25, -0.2) is 4.79 Å². The van der Waals surface area contributed by atoms with Crippen LogP contribution in [0.4, 0.5) is 5.69 Å². The summed E-state index contributed by atoms with van der Waals surface area (Å²) in [6.07, 6.45) is 0. The van der Waals surface area contributed by atoms with Gasteiger partial charge >= 0.3 is 5.97 Å². The fourth-order valence-electron chi connectivity index (χ4n) is 2.43. The molecule has 0 heterocycles. The zero-order chi connectivity index (χ0) is 20.0. The monoisotopic (exact) mass is 372 g/mol. The number of carbonyl (C=O) groups excluding carboxylic acids is 2. The van der Waals surface area contributed by atoms with E-state index in [4.69, 9.17) is 9.47 Å². The summed E-state index contributed by atoms with van der Waals surface area (Å²) in [5.74, 6) is -0.547. The van der Waals surface area contributed by atoms with Crippen LogP contribution in [-0.4, -0.2) is 42.5 Å². The first-order chi connectivity index (χ1) is 12.8. The van der Waals surface area contributed by atoms with E-state index in [-0.39, 0.29) is 17.8 Å². The molecule has 0 fully saturated rings. The number of likely N-dealkylation sites (N-methyl/N-ethyl adjacent to an activating group) is 1. The Labute approximate surface area is 156 Å². The van der Waals surface area contributed by atoms with Gasteiger partial charge in [-0.05, 0) is 19.1 Å².